The van der Waals surface area contributed by atoms with E-state index in [4.69, 9.17) is 9.47 Å². The average molecular weight is 275 g/mol. The highest BCUT2D eigenvalue weighted by atomic mass is 19.1. The van der Waals surface area contributed by atoms with E-state index in [1.807, 2.05) is 6.07 Å². The maximum absolute atomic E-state index is 13.2. The second kappa shape index (κ2) is 6.56. The van der Waals surface area contributed by atoms with Gasteiger partial charge in [-0.05, 0) is 30.3 Å². The number of amides is 1. The van der Waals surface area contributed by atoms with Crippen molar-refractivity contribution in [2.75, 3.05) is 7.11 Å². The van der Waals surface area contributed by atoms with Crippen molar-refractivity contribution in [2.45, 2.75) is 6.54 Å². The zero-order valence-electron chi connectivity index (χ0n) is 10.9. The molecule has 0 atom stereocenters. The number of ether oxygens (including phenoxy) is 2. The number of methoxy groups -OCH3 is 1. The molecule has 0 bridgehead atoms. The predicted molar refractivity (Wildman–Crippen MR) is 72.3 cm³/mol. The molecule has 0 spiro atoms. The largest absolute Gasteiger partial charge is 0.496 e. The van der Waals surface area contributed by atoms with E-state index < -0.39 is 6.09 Å². The van der Waals surface area contributed by atoms with Crippen molar-refractivity contribution in [1.82, 2.24) is 5.32 Å². The van der Waals surface area contributed by atoms with Gasteiger partial charge in [-0.15, -0.1) is 0 Å². The number of carbonyl (C=O) groups is 1. The number of rotatable bonds is 4. The second-order valence-electron chi connectivity index (χ2n) is 4.01. The maximum atomic E-state index is 13.2. The van der Waals surface area contributed by atoms with Crippen molar-refractivity contribution in [3.63, 3.8) is 0 Å². The van der Waals surface area contributed by atoms with Crippen LogP contribution in [0.3, 0.4) is 0 Å². The number of halogens is 1. The van der Waals surface area contributed by atoms with Gasteiger partial charge in [0.05, 0.1) is 7.11 Å². The number of carbonyl (C=O) groups excluding carboxylic acids is 1. The van der Waals surface area contributed by atoms with Crippen molar-refractivity contribution >= 4 is 6.09 Å². The van der Waals surface area contributed by atoms with Gasteiger partial charge >= 0.3 is 6.09 Å². The van der Waals surface area contributed by atoms with Crippen LogP contribution < -0.4 is 14.8 Å². The molecule has 5 heteroatoms. The summed E-state index contributed by atoms with van der Waals surface area (Å²) in [7, 11) is 1.49. The Balaban J connectivity index is 1.95. The lowest BCUT2D eigenvalue weighted by atomic mass is 10.2. The predicted octanol–water partition coefficient (Wildman–Crippen LogP) is 3.12. The maximum Gasteiger partial charge on any atom is 0.412 e. The van der Waals surface area contributed by atoms with E-state index in [2.05, 4.69) is 5.32 Å². The highest BCUT2D eigenvalue weighted by Gasteiger charge is 2.08. The average Bonchev–Trinajstić information content (AvgIpc) is 2.46. The van der Waals surface area contributed by atoms with Crippen molar-refractivity contribution in [3.8, 4) is 11.5 Å². The van der Waals surface area contributed by atoms with Crippen LogP contribution in [-0.4, -0.2) is 13.2 Å². The molecule has 4 nitrogen and oxygen atoms in total. The highest BCUT2D eigenvalue weighted by Crippen LogP contribution is 2.19. The molecule has 0 aliphatic rings. The molecule has 0 aliphatic heterocycles. The van der Waals surface area contributed by atoms with Gasteiger partial charge in [0.15, 0.2) is 0 Å². The number of hydrogen-bond donors (Lipinski definition) is 1. The number of hydrogen-bond acceptors (Lipinski definition) is 3. The summed E-state index contributed by atoms with van der Waals surface area (Å²) in [6, 6.07) is 12.8. The molecule has 0 aromatic heterocycles. The summed E-state index contributed by atoms with van der Waals surface area (Å²) < 4.78 is 23.3. The Labute approximate surface area is 116 Å². The molecule has 0 radical (unpaired) electrons. The van der Waals surface area contributed by atoms with Crippen molar-refractivity contribution < 1.29 is 18.7 Å². The van der Waals surface area contributed by atoms with E-state index in [1.165, 1.54) is 25.3 Å². The van der Waals surface area contributed by atoms with Gasteiger partial charge in [-0.1, -0.05) is 18.2 Å². The summed E-state index contributed by atoms with van der Waals surface area (Å²) in [5, 5.41) is 2.54. The highest BCUT2D eigenvalue weighted by molar-refractivity contribution is 5.70. The Morgan fingerprint density at radius 2 is 1.95 bits per heavy atom. The zero-order chi connectivity index (χ0) is 14.4. The topological polar surface area (TPSA) is 47.6 Å². The van der Waals surface area contributed by atoms with Gasteiger partial charge in [0.1, 0.15) is 17.3 Å². The van der Waals surface area contributed by atoms with Crippen LogP contribution in [0.5, 0.6) is 11.5 Å². The van der Waals surface area contributed by atoms with Gasteiger partial charge in [0.25, 0.3) is 0 Å². The zero-order valence-corrected chi connectivity index (χ0v) is 10.9. The Bertz CT molecular complexity index is 587. The smallest absolute Gasteiger partial charge is 0.412 e. The van der Waals surface area contributed by atoms with E-state index in [9.17, 15) is 9.18 Å². The molecule has 20 heavy (non-hydrogen) atoms. The fourth-order valence-corrected chi connectivity index (χ4v) is 1.68. The number of nitrogens with one attached hydrogen (secondary N) is 1. The molecule has 0 saturated heterocycles. The molecule has 0 unspecified atom stereocenters. The summed E-state index contributed by atoms with van der Waals surface area (Å²) in [6.07, 6.45) is -0.609. The third kappa shape index (κ3) is 3.71. The lowest BCUT2D eigenvalue weighted by Gasteiger charge is -2.10. The first-order valence-corrected chi connectivity index (χ1v) is 6.02. The van der Waals surface area contributed by atoms with Gasteiger partial charge in [-0.3, -0.25) is 0 Å². The summed E-state index contributed by atoms with van der Waals surface area (Å²) in [5.41, 5.74) is 0.539. The van der Waals surface area contributed by atoms with Crippen LogP contribution in [0.4, 0.5) is 9.18 Å². The molecule has 104 valence electrons. The van der Waals surface area contributed by atoms with Crippen LogP contribution in [0.25, 0.3) is 0 Å². The van der Waals surface area contributed by atoms with Crippen LogP contribution in [0.2, 0.25) is 0 Å². The quantitative estimate of drug-likeness (QED) is 0.932. The lowest BCUT2D eigenvalue weighted by molar-refractivity contribution is 0.200. The van der Waals surface area contributed by atoms with Gasteiger partial charge in [-0.2, -0.15) is 0 Å². The van der Waals surface area contributed by atoms with Crippen LogP contribution in [0.1, 0.15) is 5.56 Å². The van der Waals surface area contributed by atoms with E-state index >= 15 is 0 Å². The Morgan fingerprint density at radius 3 is 2.65 bits per heavy atom. The molecule has 1 amide bonds. The number of para-hydroxylation sites is 1. The molecule has 1 N–H and O–H groups in total. The van der Waals surface area contributed by atoms with Crippen LogP contribution >= 0.6 is 0 Å². The van der Waals surface area contributed by atoms with Gasteiger partial charge in [0.2, 0.25) is 0 Å². The SMILES string of the molecule is COc1ccc(F)cc1CNC(=O)Oc1ccccc1. The molecular weight excluding hydrogens is 261 g/mol. The fourth-order valence-electron chi connectivity index (χ4n) is 1.68. The molecule has 0 fully saturated rings. The Hall–Kier alpha value is -2.56. The molecule has 0 aliphatic carbocycles. The Kier molecular flexibility index (Phi) is 4.55. The van der Waals surface area contributed by atoms with Crippen LogP contribution in [0.15, 0.2) is 48.5 Å². The summed E-state index contributed by atoms with van der Waals surface area (Å²) in [6.45, 7) is 0.118. The van der Waals surface area contributed by atoms with Gasteiger partial charge < -0.3 is 14.8 Å². The minimum absolute atomic E-state index is 0.118. The molecule has 0 saturated carbocycles. The van der Waals surface area contributed by atoms with E-state index in [-0.39, 0.29) is 12.4 Å². The van der Waals surface area contributed by atoms with Gasteiger partial charge in [0, 0.05) is 12.1 Å². The summed E-state index contributed by atoms with van der Waals surface area (Å²) in [5.74, 6) is 0.557. The first kappa shape index (κ1) is 13.9. The van der Waals surface area contributed by atoms with Crippen LogP contribution in [0, 0.1) is 5.82 Å². The third-order valence-corrected chi connectivity index (χ3v) is 2.62. The molecule has 0 heterocycles. The summed E-state index contributed by atoms with van der Waals surface area (Å²) in [4.78, 5) is 11.6. The van der Waals surface area contributed by atoms with E-state index in [1.54, 1.807) is 24.3 Å². The number of benzene rings is 2. The standard InChI is InChI=1S/C15H14FNO3/c1-19-14-8-7-12(16)9-11(14)10-17-15(18)20-13-5-3-2-4-6-13/h2-9H,10H2,1H3,(H,17,18). The van der Waals surface area contributed by atoms with Gasteiger partial charge in [-0.25, -0.2) is 9.18 Å². The fraction of sp³-hybridized carbons (Fsp3) is 0.133. The lowest BCUT2D eigenvalue weighted by Crippen LogP contribution is -2.26. The van der Waals surface area contributed by atoms with E-state index in [0.29, 0.717) is 17.1 Å². The van der Waals surface area contributed by atoms with Crippen molar-refractivity contribution in [3.05, 3.63) is 59.9 Å². The third-order valence-electron chi connectivity index (χ3n) is 2.62. The second-order valence-corrected chi connectivity index (χ2v) is 4.01. The van der Waals surface area contributed by atoms with E-state index in [0.717, 1.165) is 0 Å². The van der Waals surface area contributed by atoms with Crippen molar-refractivity contribution in [1.29, 1.82) is 0 Å². The Morgan fingerprint density at radius 1 is 1.20 bits per heavy atom. The first-order valence-electron chi connectivity index (χ1n) is 6.02. The van der Waals surface area contributed by atoms with Crippen molar-refractivity contribution in [2.24, 2.45) is 0 Å². The first-order chi connectivity index (χ1) is 9.69. The normalized spacial score (nSPS) is 9.90. The van der Waals surface area contributed by atoms with Crippen LogP contribution in [-0.2, 0) is 6.54 Å². The minimum Gasteiger partial charge on any atom is -0.496 e. The molecule has 2 aromatic carbocycles. The molecular formula is C15H14FNO3. The summed E-state index contributed by atoms with van der Waals surface area (Å²) >= 11 is 0. The minimum atomic E-state index is -0.609. The molecule has 2 rings (SSSR count). The monoisotopic (exact) mass is 275 g/mol. The molecule has 2 aromatic rings.